The number of ether oxygens (including phenoxy) is 1. The van der Waals surface area contributed by atoms with E-state index >= 15 is 0 Å². The molecule has 152 valence electrons. The summed E-state index contributed by atoms with van der Waals surface area (Å²) in [7, 11) is 1.70. The predicted octanol–water partition coefficient (Wildman–Crippen LogP) is 2.90. The van der Waals surface area contributed by atoms with Crippen LogP contribution in [0.5, 0.6) is 5.75 Å². The first-order valence-electron chi connectivity index (χ1n) is 9.74. The molecule has 0 bridgehead atoms. The maximum atomic E-state index is 5.49. The molecule has 0 aliphatic heterocycles. The normalized spacial score (nSPS) is 11.3. The van der Waals surface area contributed by atoms with Crippen molar-refractivity contribution in [2.75, 3.05) is 13.7 Å². The molecule has 0 aliphatic rings. The van der Waals surface area contributed by atoms with E-state index in [9.17, 15) is 0 Å². The van der Waals surface area contributed by atoms with Crippen molar-refractivity contribution < 1.29 is 4.74 Å². The summed E-state index contributed by atoms with van der Waals surface area (Å²) >= 11 is 0. The number of hydrogen-bond donors (Lipinski definition) is 2. The average Bonchev–Trinajstić information content (AvgIpc) is 3.24. The Morgan fingerprint density at radius 2 is 2.00 bits per heavy atom. The zero-order chi connectivity index (χ0) is 20.5. The molecule has 0 atom stereocenters. The minimum Gasteiger partial charge on any atom is -0.496 e. The van der Waals surface area contributed by atoms with Gasteiger partial charge in [-0.1, -0.05) is 36.4 Å². The van der Waals surface area contributed by atoms with Gasteiger partial charge in [0.15, 0.2) is 5.96 Å². The van der Waals surface area contributed by atoms with E-state index in [0.717, 1.165) is 29.4 Å². The lowest BCUT2D eigenvalue weighted by Gasteiger charge is -2.14. The monoisotopic (exact) mass is 392 g/mol. The van der Waals surface area contributed by atoms with Crippen LogP contribution in [0.2, 0.25) is 0 Å². The van der Waals surface area contributed by atoms with Crippen LogP contribution in [0.15, 0.2) is 60.1 Å². The zero-order valence-corrected chi connectivity index (χ0v) is 17.2. The van der Waals surface area contributed by atoms with E-state index in [0.29, 0.717) is 19.6 Å². The van der Waals surface area contributed by atoms with Gasteiger partial charge in [-0.25, -0.2) is 14.7 Å². The molecule has 2 N–H and O–H groups in total. The summed E-state index contributed by atoms with van der Waals surface area (Å²) in [6, 6.07) is 14.6. The lowest BCUT2D eigenvalue weighted by atomic mass is 10.1. The fourth-order valence-electron chi connectivity index (χ4n) is 3.02. The molecule has 0 saturated heterocycles. The molecule has 0 aliphatic carbocycles. The SMILES string of the molecule is CCNC(=NCc1cccc(Cn2cncn2)c1)NCc1ccc(C)cc1OC. The summed E-state index contributed by atoms with van der Waals surface area (Å²) in [6.45, 7) is 6.84. The predicted molar refractivity (Wildman–Crippen MR) is 115 cm³/mol. The summed E-state index contributed by atoms with van der Waals surface area (Å²) in [5.74, 6) is 1.66. The lowest BCUT2D eigenvalue weighted by molar-refractivity contribution is 0.408. The van der Waals surface area contributed by atoms with E-state index in [2.05, 4.69) is 71.0 Å². The molecule has 0 fully saturated rings. The third-order valence-electron chi connectivity index (χ3n) is 4.46. The highest BCUT2D eigenvalue weighted by atomic mass is 16.5. The van der Waals surface area contributed by atoms with Gasteiger partial charge in [0.1, 0.15) is 18.4 Å². The van der Waals surface area contributed by atoms with E-state index in [1.807, 2.05) is 10.7 Å². The number of aromatic nitrogens is 3. The van der Waals surface area contributed by atoms with Crippen molar-refractivity contribution in [3.05, 3.63) is 77.4 Å². The first-order chi connectivity index (χ1) is 14.2. The Hall–Kier alpha value is -3.35. The van der Waals surface area contributed by atoms with E-state index < -0.39 is 0 Å². The number of benzene rings is 2. The third kappa shape index (κ3) is 6.07. The fraction of sp³-hybridized carbons (Fsp3) is 0.318. The number of guanidine groups is 1. The number of nitrogens with zero attached hydrogens (tertiary/aromatic N) is 4. The van der Waals surface area contributed by atoms with Crippen LogP contribution in [0, 0.1) is 6.92 Å². The van der Waals surface area contributed by atoms with Gasteiger partial charge >= 0.3 is 0 Å². The number of methoxy groups -OCH3 is 1. The maximum Gasteiger partial charge on any atom is 0.191 e. The summed E-state index contributed by atoms with van der Waals surface area (Å²) in [6.07, 6.45) is 3.27. The smallest absolute Gasteiger partial charge is 0.191 e. The molecule has 0 unspecified atom stereocenters. The Morgan fingerprint density at radius 1 is 1.14 bits per heavy atom. The van der Waals surface area contributed by atoms with Crippen molar-refractivity contribution in [3.63, 3.8) is 0 Å². The van der Waals surface area contributed by atoms with Crippen LogP contribution in [-0.4, -0.2) is 34.4 Å². The van der Waals surface area contributed by atoms with Crippen molar-refractivity contribution in [2.24, 2.45) is 4.99 Å². The van der Waals surface area contributed by atoms with Gasteiger partial charge in [-0.05, 0) is 36.6 Å². The highest BCUT2D eigenvalue weighted by Gasteiger charge is 2.05. The highest BCUT2D eigenvalue weighted by molar-refractivity contribution is 5.79. The molecule has 29 heavy (non-hydrogen) atoms. The van der Waals surface area contributed by atoms with Crippen LogP contribution in [0.4, 0.5) is 0 Å². The van der Waals surface area contributed by atoms with Crippen molar-refractivity contribution in [2.45, 2.75) is 33.5 Å². The first kappa shape index (κ1) is 20.4. The van der Waals surface area contributed by atoms with Crippen LogP contribution in [-0.2, 0) is 19.6 Å². The first-order valence-corrected chi connectivity index (χ1v) is 9.74. The van der Waals surface area contributed by atoms with Gasteiger partial charge in [-0.3, -0.25) is 0 Å². The fourth-order valence-corrected chi connectivity index (χ4v) is 3.02. The number of aryl methyl sites for hydroxylation is 1. The Balaban J connectivity index is 1.65. The molecule has 3 aromatic rings. The number of rotatable bonds is 8. The van der Waals surface area contributed by atoms with Crippen molar-refractivity contribution in [3.8, 4) is 5.75 Å². The van der Waals surface area contributed by atoms with Crippen LogP contribution in [0.25, 0.3) is 0 Å². The topological polar surface area (TPSA) is 76.4 Å². The minimum atomic E-state index is 0.589. The molecule has 2 aromatic carbocycles. The van der Waals surface area contributed by atoms with Crippen molar-refractivity contribution >= 4 is 5.96 Å². The third-order valence-corrected chi connectivity index (χ3v) is 4.46. The Morgan fingerprint density at radius 3 is 2.76 bits per heavy atom. The van der Waals surface area contributed by atoms with Gasteiger partial charge in [0.25, 0.3) is 0 Å². The molecule has 3 rings (SSSR count). The second kappa shape index (κ2) is 10.3. The van der Waals surface area contributed by atoms with Crippen molar-refractivity contribution in [1.82, 2.24) is 25.4 Å². The number of hydrogen-bond acceptors (Lipinski definition) is 4. The number of aliphatic imine (C=N–C) groups is 1. The van der Waals surface area contributed by atoms with E-state index in [1.54, 1.807) is 19.8 Å². The summed E-state index contributed by atoms with van der Waals surface area (Å²) in [4.78, 5) is 8.72. The summed E-state index contributed by atoms with van der Waals surface area (Å²) < 4.78 is 7.30. The van der Waals surface area contributed by atoms with Crippen molar-refractivity contribution in [1.29, 1.82) is 0 Å². The van der Waals surface area contributed by atoms with Gasteiger partial charge in [0, 0.05) is 18.7 Å². The molecule has 1 heterocycles. The van der Waals surface area contributed by atoms with Crippen LogP contribution < -0.4 is 15.4 Å². The molecule has 0 saturated carbocycles. The highest BCUT2D eigenvalue weighted by Crippen LogP contribution is 2.19. The molecule has 0 amide bonds. The van der Waals surface area contributed by atoms with Gasteiger partial charge in [0.05, 0.1) is 20.2 Å². The summed E-state index contributed by atoms with van der Waals surface area (Å²) in [5.41, 5.74) is 4.59. The lowest BCUT2D eigenvalue weighted by Crippen LogP contribution is -2.36. The van der Waals surface area contributed by atoms with Crippen LogP contribution in [0.3, 0.4) is 0 Å². The minimum absolute atomic E-state index is 0.589. The quantitative estimate of drug-likeness (QED) is 0.455. The molecular weight excluding hydrogens is 364 g/mol. The molecule has 1 aromatic heterocycles. The van der Waals surface area contributed by atoms with Gasteiger partial charge in [0.2, 0.25) is 0 Å². The molecule has 0 radical (unpaired) electrons. The largest absolute Gasteiger partial charge is 0.496 e. The molecule has 7 heteroatoms. The van der Waals surface area contributed by atoms with Gasteiger partial charge in [-0.2, -0.15) is 5.10 Å². The molecule has 7 nitrogen and oxygen atoms in total. The standard InChI is InChI=1S/C22H28N6O/c1-4-24-22(26-13-20-9-8-17(2)10-21(20)29-3)25-12-18-6-5-7-19(11-18)14-28-16-23-15-27-28/h5-11,15-16H,4,12-14H2,1-3H3,(H2,24,25,26). The maximum absolute atomic E-state index is 5.49. The van der Waals surface area contributed by atoms with Gasteiger partial charge in [-0.15, -0.1) is 0 Å². The van der Waals surface area contributed by atoms with E-state index in [4.69, 9.17) is 9.73 Å². The van der Waals surface area contributed by atoms with Crippen LogP contribution in [0.1, 0.15) is 29.2 Å². The van der Waals surface area contributed by atoms with Gasteiger partial charge < -0.3 is 15.4 Å². The van der Waals surface area contributed by atoms with E-state index in [1.165, 1.54) is 11.1 Å². The average molecular weight is 393 g/mol. The second-order valence-electron chi connectivity index (χ2n) is 6.78. The number of nitrogens with one attached hydrogen (secondary N) is 2. The Kier molecular flexibility index (Phi) is 7.22. The molecular formula is C22H28N6O. The van der Waals surface area contributed by atoms with E-state index in [-0.39, 0.29) is 0 Å². The Labute approximate surface area is 171 Å². The second-order valence-corrected chi connectivity index (χ2v) is 6.78. The van der Waals surface area contributed by atoms with Crippen LogP contribution >= 0.6 is 0 Å². The molecule has 0 spiro atoms. The Bertz CT molecular complexity index is 936. The summed E-state index contributed by atoms with van der Waals surface area (Å²) in [5, 5.41) is 10.8. The zero-order valence-electron chi connectivity index (χ0n) is 17.2.